The summed E-state index contributed by atoms with van der Waals surface area (Å²) < 4.78 is 16.9. The number of allylic oxidation sites excluding steroid dienone is 22. The third-order valence-corrected chi connectivity index (χ3v) is 13.6. The number of carbonyl (C=O) groups excluding carboxylic acids is 3. The van der Waals surface area contributed by atoms with Gasteiger partial charge in [-0.3, -0.25) is 14.4 Å². The van der Waals surface area contributed by atoms with Crippen LogP contribution >= 0.6 is 0 Å². The molecule has 0 aliphatic rings. The highest BCUT2D eigenvalue weighted by molar-refractivity contribution is 5.71. The third kappa shape index (κ3) is 64.3. The first-order valence-corrected chi connectivity index (χ1v) is 32.7. The van der Waals surface area contributed by atoms with Crippen molar-refractivity contribution < 1.29 is 28.6 Å². The van der Waals surface area contributed by atoms with Crippen molar-refractivity contribution in [3.05, 3.63) is 134 Å². The van der Waals surface area contributed by atoms with E-state index in [1.165, 1.54) is 89.9 Å². The van der Waals surface area contributed by atoms with E-state index in [2.05, 4.69) is 154 Å². The van der Waals surface area contributed by atoms with Crippen molar-refractivity contribution in [1.29, 1.82) is 0 Å². The Morgan fingerprint density at radius 2 is 0.506 bits per heavy atom. The van der Waals surface area contributed by atoms with Crippen LogP contribution in [0.25, 0.3) is 0 Å². The molecule has 0 aromatic heterocycles. The first-order valence-electron chi connectivity index (χ1n) is 32.7. The lowest BCUT2D eigenvalue weighted by molar-refractivity contribution is -0.167. The van der Waals surface area contributed by atoms with Gasteiger partial charge in [-0.15, -0.1) is 0 Å². The van der Waals surface area contributed by atoms with E-state index in [1.54, 1.807) is 0 Å². The first kappa shape index (κ1) is 74.5. The summed E-state index contributed by atoms with van der Waals surface area (Å²) in [6, 6.07) is 0. The molecular formula is C73H120O6. The van der Waals surface area contributed by atoms with Crippen LogP contribution < -0.4 is 0 Å². The number of esters is 3. The highest BCUT2D eigenvalue weighted by atomic mass is 16.6. The highest BCUT2D eigenvalue weighted by Crippen LogP contribution is 2.15. The van der Waals surface area contributed by atoms with Gasteiger partial charge in [0.25, 0.3) is 0 Å². The number of hydrogen-bond acceptors (Lipinski definition) is 6. The maximum absolute atomic E-state index is 12.9. The number of rotatable bonds is 58. The van der Waals surface area contributed by atoms with Gasteiger partial charge in [0.2, 0.25) is 0 Å². The maximum Gasteiger partial charge on any atom is 0.306 e. The minimum Gasteiger partial charge on any atom is -0.462 e. The van der Waals surface area contributed by atoms with Gasteiger partial charge >= 0.3 is 17.9 Å². The first-order chi connectivity index (χ1) is 39.0. The summed E-state index contributed by atoms with van der Waals surface area (Å²) in [5.41, 5.74) is 0. The molecular weight excluding hydrogens is 973 g/mol. The summed E-state index contributed by atoms with van der Waals surface area (Å²) in [4.78, 5) is 38.3. The molecule has 0 saturated heterocycles. The standard InChI is InChI=1S/C73H120O6/c1-4-7-10-13-16-19-22-25-28-30-31-32-33-34-35-36-37-38-39-40-41-42-43-44-46-48-51-54-57-60-63-66-72(75)78-69-70(68-77-71(74)65-62-59-56-53-50-47-27-24-21-18-15-12-9-6-3)79-73(76)67-64-61-58-55-52-49-45-29-26-23-20-17-14-11-8-5-2/h7,10,15-16,18-20,23-25,27-29,31-32,34-35,37-38,40-41,45,70H,4-6,8-9,11-14,17,21-22,26,30,33,36,39,42-44,46-69H2,1-3H3/b10-7-,18-15-,19-16-,23-20-,27-24-,28-25-,32-31-,35-34-,38-37-,41-40-,45-29-. The van der Waals surface area contributed by atoms with Crippen LogP contribution in [0.1, 0.15) is 290 Å². The van der Waals surface area contributed by atoms with Gasteiger partial charge in [-0.05, 0) is 135 Å². The maximum atomic E-state index is 12.9. The minimum atomic E-state index is -0.799. The van der Waals surface area contributed by atoms with Gasteiger partial charge in [0.1, 0.15) is 13.2 Å². The van der Waals surface area contributed by atoms with E-state index in [9.17, 15) is 14.4 Å². The van der Waals surface area contributed by atoms with Crippen molar-refractivity contribution in [3.8, 4) is 0 Å². The van der Waals surface area contributed by atoms with Crippen LogP contribution in [0.15, 0.2) is 134 Å². The molecule has 0 aliphatic heterocycles. The quantitative estimate of drug-likeness (QED) is 0.0261. The molecule has 0 spiro atoms. The molecule has 0 amide bonds. The van der Waals surface area contributed by atoms with Crippen LogP contribution in [0.5, 0.6) is 0 Å². The Hall–Kier alpha value is -4.45. The van der Waals surface area contributed by atoms with Crippen LogP contribution in [0.2, 0.25) is 0 Å². The zero-order valence-corrected chi connectivity index (χ0v) is 51.3. The summed E-state index contributed by atoms with van der Waals surface area (Å²) in [5, 5.41) is 0. The van der Waals surface area contributed by atoms with Gasteiger partial charge in [0.15, 0.2) is 6.10 Å². The van der Waals surface area contributed by atoms with Gasteiger partial charge < -0.3 is 14.2 Å². The van der Waals surface area contributed by atoms with E-state index in [0.717, 1.165) is 161 Å². The normalized spacial score (nSPS) is 13.0. The topological polar surface area (TPSA) is 78.9 Å². The van der Waals surface area contributed by atoms with Gasteiger partial charge in [-0.1, -0.05) is 270 Å². The Morgan fingerprint density at radius 3 is 0.810 bits per heavy atom. The zero-order valence-electron chi connectivity index (χ0n) is 51.3. The predicted octanol–water partition coefficient (Wildman–Crippen LogP) is 22.5. The van der Waals surface area contributed by atoms with E-state index in [0.29, 0.717) is 19.3 Å². The fourth-order valence-corrected chi connectivity index (χ4v) is 8.70. The number of hydrogen-bond donors (Lipinski definition) is 0. The number of ether oxygens (including phenoxy) is 3. The summed E-state index contributed by atoms with van der Waals surface area (Å²) in [7, 11) is 0. The number of carbonyl (C=O) groups is 3. The molecule has 6 nitrogen and oxygen atoms in total. The average Bonchev–Trinajstić information content (AvgIpc) is 3.45. The van der Waals surface area contributed by atoms with Crippen LogP contribution in [0.3, 0.4) is 0 Å². The van der Waals surface area contributed by atoms with Crippen LogP contribution in [-0.4, -0.2) is 37.2 Å². The van der Waals surface area contributed by atoms with E-state index in [1.807, 2.05) is 0 Å². The molecule has 0 heterocycles. The Bertz CT molecular complexity index is 1680. The molecule has 0 N–H and O–H groups in total. The summed E-state index contributed by atoms with van der Waals surface area (Å²) in [6.07, 6.45) is 93.1. The van der Waals surface area contributed by atoms with Gasteiger partial charge in [0.05, 0.1) is 0 Å². The molecule has 79 heavy (non-hydrogen) atoms. The third-order valence-electron chi connectivity index (χ3n) is 13.6. The Kier molecular flexibility index (Phi) is 62.3. The lowest BCUT2D eigenvalue weighted by Crippen LogP contribution is -2.30. The summed E-state index contributed by atoms with van der Waals surface area (Å²) in [5.74, 6) is -0.925. The average molecular weight is 1090 g/mol. The van der Waals surface area contributed by atoms with E-state index < -0.39 is 6.10 Å². The van der Waals surface area contributed by atoms with Crippen molar-refractivity contribution in [2.24, 2.45) is 0 Å². The molecule has 1 atom stereocenters. The molecule has 0 radical (unpaired) electrons. The van der Waals surface area contributed by atoms with Crippen molar-refractivity contribution in [2.75, 3.05) is 13.2 Å². The van der Waals surface area contributed by atoms with Crippen molar-refractivity contribution in [3.63, 3.8) is 0 Å². The molecule has 0 saturated carbocycles. The smallest absolute Gasteiger partial charge is 0.306 e. The van der Waals surface area contributed by atoms with Crippen LogP contribution in [-0.2, 0) is 28.6 Å². The molecule has 0 aromatic rings. The predicted molar refractivity (Wildman–Crippen MR) is 343 cm³/mol. The van der Waals surface area contributed by atoms with Crippen molar-refractivity contribution in [2.45, 2.75) is 297 Å². The molecule has 0 aromatic carbocycles. The second-order valence-electron chi connectivity index (χ2n) is 21.3. The van der Waals surface area contributed by atoms with Gasteiger partial charge in [-0.2, -0.15) is 0 Å². The van der Waals surface area contributed by atoms with E-state index in [4.69, 9.17) is 14.2 Å². The second kappa shape index (κ2) is 66.1. The van der Waals surface area contributed by atoms with E-state index >= 15 is 0 Å². The van der Waals surface area contributed by atoms with Gasteiger partial charge in [-0.25, -0.2) is 0 Å². The molecule has 448 valence electrons. The second-order valence-corrected chi connectivity index (χ2v) is 21.3. The monoisotopic (exact) mass is 1090 g/mol. The molecule has 6 heteroatoms. The summed E-state index contributed by atoms with van der Waals surface area (Å²) in [6.45, 7) is 6.45. The Morgan fingerprint density at radius 1 is 0.266 bits per heavy atom. The number of unbranched alkanes of at least 4 members (excludes halogenated alkanes) is 25. The van der Waals surface area contributed by atoms with Crippen molar-refractivity contribution >= 4 is 17.9 Å². The Balaban J connectivity index is 4.32. The minimum absolute atomic E-state index is 0.0943. The fraction of sp³-hybridized carbons (Fsp3) is 0.658. The van der Waals surface area contributed by atoms with Crippen LogP contribution in [0, 0.1) is 0 Å². The van der Waals surface area contributed by atoms with Crippen LogP contribution in [0.4, 0.5) is 0 Å². The Labute approximate surface area is 487 Å². The molecule has 1 unspecified atom stereocenters. The molecule has 0 bridgehead atoms. The fourth-order valence-electron chi connectivity index (χ4n) is 8.70. The highest BCUT2D eigenvalue weighted by Gasteiger charge is 2.19. The lowest BCUT2D eigenvalue weighted by Gasteiger charge is -2.18. The zero-order chi connectivity index (χ0) is 57.1. The van der Waals surface area contributed by atoms with Gasteiger partial charge in [0, 0.05) is 19.3 Å². The lowest BCUT2D eigenvalue weighted by atomic mass is 10.1. The van der Waals surface area contributed by atoms with Crippen molar-refractivity contribution in [1.82, 2.24) is 0 Å². The molecule has 0 aliphatic carbocycles. The molecule has 0 rings (SSSR count). The SMILES string of the molecule is CC/C=C\C/C=C\C/C=C\C/C=C\C/C=C\C/C=C\C/C=C\CCCCCCCCCCCC(=O)OCC(COC(=O)CCCCCCC/C=C\C/C=C\CCCC)OC(=O)CCCCCCC/C=C\C/C=C\CCCCCC. The van der Waals surface area contributed by atoms with E-state index in [-0.39, 0.29) is 31.1 Å². The summed E-state index contributed by atoms with van der Waals surface area (Å²) >= 11 is 0. The molecule has 0 fully saturated rings. The largest absolute Gasteiger partial charge is 0.462 e.